The molecule has 4 heteroatoms. The normalized spacial score (nSPS) is 17.8. The highest BCUT2D eigenvalue weighted by molar-refractivity contribution is 6.06. The van der Waals surface area contributed by atoms with Crippen LogP contribution in [0.4, 0.5) is 0 Å². The smallest absolute Gasteiger partial charge is 0.109 e. The molecule has 2 aromatic heterocycles. The summed E-state index contributed by atoms with van der Waals surface area (Å²) in [7, 11) is 2.20. The summed E-state index contributed by atoms with van der Waals surface area (Å²) in [6.07, 6.45) is 4.23. The van der Waals surface area contributed by atoms with Gasteiger partial charge in [-0.3, -0.25) is 5.10 Å². The summed E-state index contributed by atoms with van der Waals surface area (Å²) in [5.74, 6) is 0.560. The number of nitrogens with one attached hydrogen (secondary N) is 1. The van der Waals surface area contributed by atoms with Crippen LogP contribution in [-0.4, -0.2) is 40.2 Å². The Morgan fingerprint density at radius 1 is 1.24 bits per heavy atom. The molecular weight excluding hydrogens is 260 g/mol. The molecule has 4 nitrogen and oxygen atoms in total. The van der Waals surface area contributed by atoms with Gasteiger partial charge < -0.3 is 4.90 Å². The largest absolute Gasteiger partial charge is 0.306 e. The third-order valence-electron chi connectivity index (χ3n) is 4.76. The maximum atomic E-state index is 4.94. The van der Waals surface area contributed by atoms with Gasteiger partial charge in [-0.2, -0.15) is 5.10 Å². The van der Waals surface area contributed by atoms with E-state index >= 15 is 0 Å². The van der Waals surface area contributed by atoms with Gasteiger partial charge >= 0.3 is 0 Å². The van der Waals surface area contributed by atoms with Crippen LogP contribution in [-0.2, 0) is 0 Å². The van der Waals surface area contributed by atoms with Gasteiger partial charge in [0.1, 0.15) is 5.52 Å². The Labute approximate surface area is 124 Å². The van der Waals surface area contributed by atoms with Gasteiger partial charge in [0.15, 0.2) is 0 Å². The molecule has 0 saturated carbocycles. The number of benzene rings is 1. The van der Waals surface area contributed by atoms with Crippen LogP contribution in [0.25, 0.3) is 21.8 Å². The molecule has 0 amide bonds. The van der Waals surface area contributed by atoms with Crippen LogP contribution in [0.5, 0.6) is 0 Å². The van der Waals surface area contributed by atoms with E-state index in [-0.39, 0.29) is 0 Å². The Morgan fingerprint density at radius 3 is 2.86 bits per heavy atom. The predicted octanol–water partition coefficient (Wildman–Crippen LogP) is 3.23. The third kappa shape index (κ3) is 2.02. The van der Waals surface area contributed by atoms with E-state index < -0.39 is 0 Å². The van der Waals surface area contributed by atoms with Crippen LogP contribution in [0.15, 0.2) is 24.4 Å². The van der Waals surface area contributed by atoms with Crippen molar-refractivity contribution in [1.82, 2.24) is 20.1 Å². The Morgan fingerprint density at radius 2 is 2.05 bits per heavy atom. The van der Waals surface area contributed by atoms with Gasteiger partial charge in [-0.15, -0.1) is 0 Å². The second-order valence-electron chi connectivity index (χ2n) is 6.20. The van der Waals surface area contributed by atoms with Crippen molar-refractivity contribution in [1.29, 1.82) is 0 Å². The number of nitrogens with zero attached hydrogens (tertiary/aromatic N) is 3. The van der Waals surface area contributed by atoms with Crippen LogP contribution >= 0.6 is 0 Å². The fourth-order valence-corrected chi connectivity index (χ4v) is 3.54. The molecule has 21 heavy (non-hydrogen) atoms. The van der Waals surface area contributed by atoms with E-state index in [9.17, 15) is 0 Å². The fourth-order valence-electron chi connectivity index (χ4n) is 3.54. The molecule has 1 fully saturated rings. The number of likely N-dealkylation sites (tertiary alicyclic amines) is 1. The number of aromatic amines is 1. The summed E-state index contributed by atoms with van der Waals surface area (Å²) >= 11 is 0. The Kier molecular flexibility index (Phi) is 2.93. The topological polar surface area (TPSA) is 44.8 Å². The highest BCUT2D eigenvalue weighted by atomic mass is 15.1. The summed E-state index contributed by atoms with van der Waals surface area (Å²) in [6, 6.07) is 6.52. The van der Waals surface area contributed by atoms with E-state index in [0.29, 0.717) is 5.92 Å². The Hall–Kier alpha value is -1.94. The molecule has 108 valence electrons. The van der Waals surface area contributed by atoms with Crippen molar-refractivity contribution in [3.63, 3.8) is 0 Å². The molecule has 0 aliphatic carbocycles. The van der Waals surface area contributed by atoms with Crippen molar-refractivity contribution in [3.05, 3.63) is 35.7 Å². The van der Waals surface area contributed by atoms with Gasteiger partial charge in [0.05, 0.1) is 17.4 Å². The maximum absolute atomic E-state index is 4.94. The number of hydrogen-bond donors (Lipinski definition) is 1. The monoisotopic (exact) mass is 280 g/mol. The molecule has 1 aliphatic heterocycles. The number of piperidine rings is 1. The zero-order valence-electron chi connectivity index (χ0n) is 12.6. The zero-order valence-corrected chi connectivity index (χ0v) is 12.6. The minimum absolute atomic E-state index is 0.560. The van der Waals surface area contributed by atoms with Crippen molar-refractivity contribution in [2.24, 2.45) is 0 Å². The van der Waals surface area contributed by atoms with E-state index in [0.717, 1.165) is 24.1 Å². The fraction of sp³-hybridized carbons (Fsp3) is 0.412. The molecule has 1 saturated heterocycles. The molecule has 3 heterocycles. The molecule has 0 unspecified atom stereocenters. The first kappa shape index (κ1) is 12.8. The van der Waals surface area contributed by atoms with Crippen molar-refractivity contribution in [2.75, 3.05) is 20.1 Å². The first-order valence-electron chi connectivity index (χ1n) is 7.65. The second-order valence-corrected chi connectivity index (χ2v) is 6.20. The van der Waals surface area contributed by atoms with Crippen LogP contribution in [0.2, 0.25) is 0 Å². The summed E-state index contributed by atoms with van der Waals surface area (Å²) in [6.45, 7) is 4.48. The van der Waals surface area contributed by atoms with E-state index in [2.05, 4.69) is 47.3 Å². The van der Waals surface area contributed by atoms with E-state index in [1.165, 1.54) is 34.9 Å². The standard InChI is InChI=1S/C17H20N4/c1-11-4-3-5-13-15(11)17-14(10-18-20-17)19-16(13)12-6-8-21(2)9-7-12/h3-5,10,12H,6-9H2,1-2H3,(H,18,20). The molecule has 0 spiro atoms. The highest BCUT2D eigenvalue weighted by Crippen LogP contribution is 2.35. The minimum Gasteiger partial charge on any atom is -0.306 e. The molecule has 3 aromatic rings. The van der Waals surface area contributed by atoms with Crippen LogP contribution in [0.1, 0.15) is 30.0 Å². The molecule has 0 bridgehead atoms. The second kappa shape index (κ2) is 4.81. The average molecular weight is 280 g/mol. The first-order chi connectivity index (χ1) is 10.2. The molecule has 1 aliphatic rings. The minimum atomic E-state index is 0.560. The maximum Gasteiger partial charge on any atom is 0.109 e. The number of aromatic nitrogens is 3. The van der Waals surface area contributed by atoms with E-state index in [1.807, 2.05) is 6.20 Å². The van der Waals surface area contributed by atoms with Gasteiger partial charge in [0, 0.05) is 16.7 Å². The lowest BCUT2D eigenvalue weighted by Gasteiger charge is -2.29. The lowest BCUT2D eigenvalue weighted by atomic mass is 9.89. The van der Waals surface area contributed by atoms with Crippen molar-refractivity contribution >= 4 is 21.8 Å². The lowest BCUT2D eigenvalue weighted by molar-refractivity contribution is 0.254. The van der Waals surface area contributed by atoms with Crippen LogP contribution < -0.4 is 0 Å². The average Bonchev–Trinajstić information content (AvgIpc) is 2.95. The van der Waals surface area contributed by atoms with Gasteiger partial charge in [0.2, 0.25) is 0 Å². The lowest BCUT2D eigenvalue weighted by Crippen LogP contribution is -2.29. The summed E-state index contributed by atoms with van der Waals surface area (Å²) < 4.78 is 0. The SMILES string of the molecule is Cc1cccc2c(C3CCN(C)CC3)nc3cn[nH]c3c12. The highest BCUT2D eigenvalue weighted by Gasteiger charge is 2.23. The molecule has 0 atom stereocenters. The molecule has 0 radical (unpaired) electrons. The van der Waals surface area contributed by atoms with Gasteiger partial charge in [-0.25, -0.2) is 4.98 Å². The molecule has 1 aromatic carbocycles. The van der Waals surface area contributed by atoms with Gasteiger partial charge in [0.25, 0.3) is 0 Å². The number of hydrogen-bond acceptors (Lipinski definition) is 3. The molecular formula is C17H20N4. The number of H-pyrrole nitrogens is 1. The van der Waals surface area contributed by atoms with Crippen molar-refractivity contribution < 1.29 is 0 Å². The number of pyridine rings is 1. The van der Waals surface area contributed by atoms with Crippen LogP contribution in [0, 0.1) is 6.92 Å². The quantitative estimate of drug-likeness (QED) is 0.744. The Bertz CT molecular complexity index is 797. The van der Waals surface area contributed by atoms with E-state index in [4.69, 9.17) is 4.98 Å². The first-order valence-corrected chi connectivity index (χ1v) is 7.65. The van der Waals surface area contributed by atoms with Crippen molar-refractivity contribution in [3.8, 4) is 0 Å². The summed E-state index contributed by atoms with van der Waals surface area (Å²) in [5.41, 5.74) is 4.61. The third-order valence-corrected chi connectivity index (χ3v) is 4.76. The van der Waals surface area contributed by atoms with Gasteiger partial charge in [-0.1, -0.05) is 18.2 Å². The van der Waals surface area contributed by atoms with Gasteiger partial charge in [-0.05, 0) is 45.5 Å². The number of aryl methyl sites for hydroxylation is 1. The summed E-state index contributed by atoms with van der Waals surface area (Å²) in [5, 5.41) is 9.89. The zero-order chi connectivity index (χ0) is 14.4. The predicted molar refractivity (Wildman–Crippen MR) is 85.6 cm³/mol. The molecule has 1 N–H and O–H groups in total. The number of rotatable bonds is 1. The number of fused-ring (bicyclic) bond motifs is 3. The van der Waals surface area contributed by atoms with Crippen LogP contribution in [0.3, 0.4) is 0 Å². The molecule has 4 rings (SSSR count). The Balaban J connectivity index is 1.96. The van der Waals surface area contributed by atoms with E-state index in [1.54, 1.807) is 0 Å². The summed E-state index contributed by atoms with van der Waals surface area (Å²) in [4.78, 5) is 7.34. The van der Waals surface area contributed by atoms with Crippen molar-refractivity contribution in [2.45, 2.75) is 25.7 Å².